The quantitative estimate of drug-likeness (QED) is 0.849. The Balaban J connectivity index is 2.36. The van der Waals surface area contributed by atoms with E-state index in [0.29, 0.717) is 12.1 Å². The first-order valence-electron chi connectivity index (χ1n) is 5.13. The maximum Gasteiger partial charge on any atom is 0.416 e. The van der Waals surface area contributed by atoms with Crippen LogP contribution in [-0.2, 0) is 6.18 Å². The Morgan fingerprint density at radius 1 is 1.11 bits per heavy atom. The molecule has 7 heteroatoms. The topological polar surface area (TPSA) is 48.1 Å². The molecule has 0 spiro atoms. The van der Waals surface area contributed by atoms with E-state index < -0.39 is 23.4 Å². The second-order valence-corrected chi connectivity index (χ2v) is 3.65. The molecule has 100 valence electrons. The Hall–Kier alpha value is -2.31. The van der Waals surface area contributed by atoms with Gasteiger partial charge in [-0.15, -0.1) is 0 Å². The number of hydrogen-bond acceptors (Lipinski definition) is 3. The molecule has 0 amide bonds. The monoisotopic (exact) mass is 272 g/mol. The van der Waals surface area contributed by atoms with Gasteiger partial charge in [-0.05, 0) is 18.2 Å². The van der Waals surface area contributed by atoms with E-state index in [9.17, 15) is 17.6 Å². The van der Waals surface area contributed by atoms with Gasteiger partial charge in [0.25, 0.3) is 0 Å². The number of alkyl halides is 3. The van der Waals surface area contributed by atoms with Crippen LogP contribution in [0, 0.1) is 5.82 Å². The molecule has 0 saturated heterocycles. The minimum atomic E-state index is -4.58. The van der Waals surface area contributed by atoms with Gasteiger partial charge < -0.3 is 10.5 Å². The van der Waals surface area contributed by atoms with Gasteiger partial charge in [0.2, 0.25) is 5.88 Å². The summed E-state index contributed by atoms with van der Waals surface area (Å²) in [5.41, 5.74) is 4.25. The van der Waals surface area contributed by atoms with E-state index in [1.54, 1.807) is 0 Å². The highest BCUT2D eigenvalue weighted by Gasteiger charge is 2.31. The van der Waals surface area contributed by atoms with Crippen molar-refractivity contribution in [2.45, 2.75) is 6.18 Å². The molecule has 0 bridgehead atoms. The lowest BCUT2D eigenvalue weighted by molar-refractivity contribution is -0.137. The van der Waals surface area contributed by atoms with Crippen LogP contribution in [0.4, 0.5) is 23.4 Å². The molecule has 2 rings (SSSR count). The number of benzene rings is 1. The number of nitrogen functional groups attached to an aromatic ring is 1. The van der Waals surface area contributed by atoms with Crippen LogP contribution < -0.4 is 10.5 Å². The lowest BCUT2D eigenvalue weighted by Crippen LogP contribution is -2.07. The van der Waals surface area contributed by atoms with Crippen LogP contribution in [0.2, 0.25) is 0 Å². The van der Waals surface area contributed by atoms with Gasteiger partial charge in [0.1, 0.15) is 5.82 Å². The Morgan fingerprint density at radius 3 is 2.42 bits per heavy atom. The molecule has 2 N–H and O–H groups in total. The van der Waals surface area contributed by atoms with Gasteiger partial charge in [-0.1, -0.05) is 12.1 Å². The van der Waals surface area contributed by atoms with Crippen molar-refractivity contribution in [3.05, 3.63) is 47.8 Å². The maximum absolute atomic E-state index is 13.3. The molecule has 0 unspecified atom stereocenters. The molecular weight excluding hydrogens is 264 g/mol. The highest BCUT2D eigenvalue weighted by atomic mass is 19.4. The maximum atomic E-state index is 13.3. The van der Waals surface area contributed by atoms with Crippen LogP contribution in [0.5, 0.6) is 11.6 Å². The zero-order chi connectivity index (χ0) is 14.0. The third-order valence-corrected chi connectivity index (χ3v) is 2.20. The largest absolute Gasteiger partial charge is 0.436 e. The number of nitrogens with two attached hydrogens (primary N) is 1. The predicted octanol–water partition coefficient (Wildman–Crippen LogP) is 3.61. The average Bonchev–Trinajstić information content (AvgIpc) is 2.30. The highest BCUT2D eigenvalue weighted by molar-refractivity contribution is 5.40. The van der Waals surface area contributed by atoms with Gasteiger partial charge in [-0.25, -0.2) is 4.39 Å². The zero-order valence-corrected chi connectivity index (χ0v) is 9.41. The van der Waals surface area contributed by atoms with E-state index in [-0.39, 0.29) is 11.6 Å². The fraction of sp³-hybridized carbons (Fsp3) is 0.0833. The SMILES string of the molecule is Nc1cc(C(F)(F)F)cc(Oc2ccccc2F)n1. The van der Waals surface area contributed by atoms with Crippen molar-refractivity contribution in [1.29, 1.82) is 0 Å². The van der Waals surface area contributed by atoms with Crippen molar-refractivity contribution in [2.75, 3.05) is 5.73 Å². The Labute approximate surface area is 105 Å². The number of para-hydroxylation sites is 1. The Bertz CT molecular complexity index is 599. The molecule has 1 heterocycles. The van der Waals surface area contributed by atoms with Gasteiger partial charge >= 0.3 is 6.18 Å². The van der Waals surface area contributed by atoms with Gasteiger partial charge in [0, 0.05) is 6.07 Å². The van der Waals surface area contributed by atoms with E-state index in [1.807, 2.05) is 0 Å². The molecule has 0 saturated carbocycles. The van der Waals surface area contributed by atoms with Crippen molar-refractivity contribution in [3.63, 3.8) is 0 Å². The number of hydrogen-bond donors (Lipinski definition) is 1. The molecule has 1 aromatic heterocycles. The van der Waals surface area contributed by atoms with Crippen molar-refractivity contribution in [2.24, 2.45) is 0 Å². The van der Waals surface area contributed by atoms with E-state index >= 15 is 0 Å². The lowest BCUT2D eigenvalue weighted by atomic mass is 10.2. The lowest BCUT2D eigenvalue weighted by Gasteiger charge is -2.10. The molecule has 2 aromatic rings. The minimum Gasteiger partial charge on any atom is -0.436 e. The minimum absolute atomic E-state index is 0.228. The smallest absolute Gasteiger partial charge is 0.416 e. The second kappa shape index (κ2) is 4.75. The first kappa shape index (κ1) is 13.1. The molecule has 0 atom stereocenters. The molecule has 1 aromatic carbocycles. The van der Waals surface area contributed by atoms with Gasteiger partial charge in [0.05, 0.1) is 5.56 Å². The number of anilines is 1. The van der Waals surface area contributed by atoms with Gasteiger partial charge in [-0.3, -0.25) is 0 Å². The fourth-order valence-electron chi connectivity index (χ4n) is 1.38. The number of pyridine rings is 1. The summed E-state index contributed by atoms with van der Waals surface area (Å²) in [6.07, 6.45) is -4.58. The second-order valence-electron chi connectivity index (χ2n) is 3.65. The Morgan fingerprint density at radius 2 is 1.79 bits per heavy atom. The third kappa shape index (κ3) is 3.12. The van der Waals surface area contributed by atoms with Crippen molar-refractivity contribution in [3.8, 4) is 11.6 Å². The molecule has 0 aliphatic heterocycles. The van der Waals surface area contributed by atoms with Crippen LogP contribution in [0.15, 0.2) is 36.4 Å². The van der Waals surface area contributed by atoms with E-state index in [0.717, 1.165) is 6.07 Å². The average molecular weight is 272 g/mol. The predicted molar refractivity (Wildman–Crippen MR) is 60.1 cm³/mol. The van der Waals surface area contributed by atoms with Crippen molar-refractivity contribution in [1.82, 2.24) is 4.98 Å². The molecular formula is C12H8F4N2O. The molecule has 0 fully saturated rings. The summed E-state index contributed by atoms with van der Waals surface area (Å²) >= 11 is 0. The third-order valence-electron chi connectivity index (χ3n) is 2.20. The summed E-state index contributed by atoms with van der Waals surface area (Å²) in [5, 5.41) is 0. The van der Waals surface area contributed by atoms with Crippen LogP contribution in [0.25, 0.3) is 0 Å². The van der Waals surface area contributed by atoms with E-state index in [1.165, 1.54) is 18.2 Å². The van der Waals surface area contributed by atoms with Crippen molar-refractivity contribution < 1.29 is 22.3 Å². The van der Waals surface area contributed by atoms with Crippen molar-refractivity contribution >= 4 is 5.82 Å². The van der Waals surface area contributed by atoms with Crippen LogP contribution in [0.1, 0.15) is 5.56 Å². The summed E-state index contributed by atoms with van der Waals surface area (Å²) in [4.78, 5) is 3.57. The summed E-state index contributed by atoms with van der Waals surface area (Å²) in [7, 11) is 0. The first-order valence-corrected chi connectivity index (χ1v) is 5.13. The first-order chi connectivity index (χ1) is 8.86. The molecule has 19 heavy (non-hydrogen) atoms. The molecule has 3 nitrogen and oxygen atoms in total. The van der Waals surface area contributed by atoms with Crippen LogP contribution in [0.3, 0.4) is 0 Å². The highest BCUT2D eigenvalue weighted by Crippen LogP contribution is 2.33. The standard InChI is InChI=1S/C12H8F4N2O/c13-8-3-1-2-4-9(8)19-11-6-7(12(14,15)16)5-10(17)18-11/h1-6H,(H2,17,18). The number of aromatic nitrogens is 1. The summed E-state index contributed by atoms with van der Waals surface area (Å²) in [6.45, 7) is 0. The molecule has 0 aliphatic carbocycles. The normalized spacial score (nSPS) is 11.4. The number of rotatable bonds is 2. The Kier molecular flexibility index (Phi) is 3.28. The van der Waals surface area contributed by atoms with Gasteiger partial charge in [-0.2, -0.15) is 18.2 Å². The number of halogens is 4. The van der Waals surface area contributed by atoms with E-state index in [2.05, 4.69) is 4.98 Å². The number of ether oxygens (including phenoxy) is 1. The summed E-state index contributed by atoms with van der Waals surface area (Å²) < 4.78 is 55.9. The van der Waals surface area contributed by atoms with Crippen LogP contribution in [-0.4, -0.2) is 4.98 Å². The fourth-order valence-corrected chi connectivity index (χ4v) is 1.38. The number of nitrogens with zero attached hydrogens (tertiary/aromatic N) is 1. The molecule has 0 aliphatic rings. The van der Waals surface area contributed by atoms with Crippen LogP contribution >= 0.6 is 0 Å². The van der Waals surface area contributed by atoms with Gasteiger partial charge in [0.15, 0.2) is 11.6 Å². The van der Waals surface area contributed by atoms with E-state index in [4.69, 9.17) is 10.5 Å². The molecule has 0 radical (unpaired) electrons. The summed E-state index contributed by atoms with van der Waals surface area (Å²) in [5.74, 6) is -1.72. The zero-order valence-electron chi connectivity index (χ0n) is 9.41. The summed E-state index contributed by atoms with van der Waals surface area (Å²) in [6, 6.07) is 6.63.